The number of nitro groups is 1. The molecule has 1 heterocycles. The molecule has 11 nitrogen and oxygen atoms in total. The van der Waals surface area contributed by atoms with Crippen molar-refractivity contribution in [2.45, 2.75) is 33.8 Å². The highest BCUT2D eigenvalue weighted by Gasteiger charge is 2.27. The summed E-state index contributed by atoms with van der Waals surface area (Å²) < 4.78 is 17.8. The number of nitrogens with zero attached hydrogens (tertiary/aromatic N) is 4. The molecule has 3 aromatic rings. The number of rotatable bonds is 9. The minimum atomic E-state index is -1.10. The second kappa shape index (κ2) is 11.1. The minimum absolute atomic E-state index is 0.0453. The molecule has 0 fully saturated rings. The van der Waals surface area contributed by atoms with Crippen molar-refractivity contribution in [1.82, 2.24) is 9.66 Å². The summed E-state index contributed by atoms with van der Waals surface area (Å²) in [6.07, 6.45) is 0.185. The van der Waals surface area contributed by atoms with E-state index in [1.807, 2.05) is 0 Å². The van der Waals surface area contributed by atoms with Gasteiger partial charge in [0.25, 0.3) is 5.56 Å². The fourth-order valence-electron chi connectivity index (χ4n) is 3.20. The highest BCUT2D eigenvalue weighted by molar-refractivity contribution is 9.10. The molecule has 1 atom stereocenters. The van der Waals surface area contributed by atoms with E-state index in [1.54, 1.807) is 39.0 Å². The Balaban J connectivity index is 2.07. The molecule has 0 unspecified atom stereocenters. The number of halogens is 1. The van der Waals surface area contributed by atoms with Gasteiger partial charge < -0.3 is 14.2 Å². The number of nitro benzene ring substituents is 1. The van der Waals surface area contributed by atoms with E-state index < -0.39 is 28.2 Å². The second-order valence-electron chi connectivity index (χ2n) is 7.25. The van der Waals surface area contributed by atoms with Crippen LogP contribution in [0.25, 0.3) is 10.9 Å². The standard InChI is InChI=1S/C23H23BrN4O7/c1-5-33-20-10-15(9-19(28(31)32)21(20)35-13(3)23(30)34-6-2)12-25-27-14(4)26-18-8-7-16(24)11-17(18)22(27)29/h7-13H,5-6H2,1-4H3/t13-/m1/s1. The molecule has 0 saturated carbocycles. The first-order valence-corrected chi connectivity index (χ1v) is 11.5. The number of hydrogen-bond acceptors (Lipinski definition) is 9. The van der Waals surface area contributed by atoms with Gasteiger partial charge >= 0.3 is 11.7 Å². The molecule has 184 valence electrons. The topological polar surface area (TPSA) is 135 Å². The number of hydrogen-bond donors (Lipinski definition) is 0. The van der Waals surface area contributed by atoms with Crippen LogP contribution in [0.1, 0.15) is 32.2 Å². The molecule has 0 aliphatic heterocycles. The van der Waals surface area contributed by atoms with Gasteiger partial charge in [0, 0.05) is 16.1 Å². The van der Waals surface area contributed by atoms with E-state index in [0.29, 0.717) is 21.2 Å². The molecule has 12 heteroatoms. The largest absolute Gasteiger partial charge is 0.490 e. The monoisotopic (exact) mass is 546 g/mol. The summed E-state index contributed by atoms with van der Waals surface area (Å²) in [5.74, 6) is -0.493. The third-order valence-electron chi connectivity index (χ3n) is 4.76. The SMILES string of the molecule is CCOC(=O)[C@@H](C)Oc1c(OCC)cc(C=Nn2c(C)nc3ccc(Br)cc3c2=O)cc1[N+](=O)[O-]. The third kappa shape index (κ3) is 5.83. The van der Waals surface area contributed by atoms with E-state index in [0.717, 1.165) is 4.68 Å². The Morgan fingerprint density at radius 3 is 2.69 bits per heavy atom. The van der Waals surface area contributed by atoms with Crippen LogP contribution in [0.4, 0.5) is 5.69 Å². The van der Waals surface area contributed by atoms with Crippen LogP contribution in [-0.2, 0) is 9.53 Å². The van der Waals surface area contributed by atoms with Crippen LogP contribution in [0.2, 0.25) is 0 Å². The average Bonchev–Trinajstić information content (AvgIpc) is 2.80. The van der Waals surface area contributed by atoms with Crippen molar-refractivity contribution in [2.24, 2.45) is 5.10 Å². The molecule has 0 radical (unpaired) electrons. The lowest BCUT2D eigenvalue weighted by Crippen LogP contribution is -2.26. The van der Waals surface area contributed by atoms with Crippen LogP contribution in [0.3, 0.4) is 0 Å². The number of esters is 1. The summed E-state index contributed by atoms with van der Waals surface area (Å²) in [5, 5.41) is 16.4. The zero-order valence-corrected chi connectivity index (χ0v) is 21.1. The van der Waals surface area contributed by atoms with Crippen LogP contribution in [0.15, 0.2) is 44.7 Å². The summed E-state index contributed by atoms with van der Waals surface area (Å²) in [4.78, 5) is 40.5. The molecule has 0 spiro atoms. The predicted octanol–water partition coefficient (Wildman–Crippen LogP) is 3.99. The van der Waals surface area contributed by atoms with E-state index in [9.17, 15) is 19.7 Å². The maximum atomic E-state index is 13.0. The number of ether oxygens (including phenoxy) is 3. The van der Waals surface area contributed by atoms with Crippen LogP contribution in [0, 0.1) is 17.0 Å². The lowest BCUT2D eigenvalue weighted by molar-refractivity contribution is -0.386. The molecule has 2 aromatic carbocycles. The summed E-state index contributed by atoms with van der Waals surface area (Å²) in [6.45, 7) is 6.72. The maximum absolute atomic E-state index is 13.0. The summed E-state index contributed by atoms with van der Waals surface area (Å²) in [6, 6.07) is 7.83. The first-order valence-electron chi connectivity index (χ1n) is 10.7. The van der Waals surface area contributed by atoms with Crippen molar-refractivity contribution in [3.8, 4) is 11.5 Å². The lowest BCUT2D eigenvalue weighted by atomic mass is 10.1. The van der Waals surface area contributed by atoms with Gasteiger partial charge in [0.05, 0.1) is 35.3 Å². The number of carbonyl (C=O) groups excluding carboxylic acids is 1. The zero-order chi connectivity index (χ0) is 25.7. The molecule has 0 aliphatic rings. The molecule has 0 bridgehead atoms. The van der Waals surface area contributed by atoms with Crippen LogP contribution in [-0.4, -0.2) is 46.1 Å². The van der Waals surface area contributed by atoms with Crippen molar-refractivity contribution in [1.29, 1.82) is 0 Å². The molecular weight excluding hydrogens is 524 g/mol. The second-order valence-corrected chi connectivity index (χ2v) is 8.17. The van der Waals surface area contributed by atoms with Crippen LogP contribution in [0.5, 0.6) is 11.5 Å². The number of carbonyl (C=O) groups is 1. The third-order valence-corrected chi connectivity index (χ3v) is 5.25. The van der Waals surface area contributed by atoms with Crippen LogP contribution >= 0.6 is 15.9 Å². The number of benzene rings is 2. The van der Waals surface area contributed by atoms with Gasteiger partial charge in [0.15, 0.2) is 11.9 Å². The molecular formula is C23H23BrN4O7. The molecule has 0 aliphatic carbocycles. The molecule has 35 heavy (non-hydrogen) atoms. The van der Waals surface area contributed by atoms with Crippen molar-refractivity contribution in [2.75, 3.05) is 13.2 Å². The molecule has 1 aromatic heterocycles. The Morgan fingerprint density at radius 1 is 1.29 bits per heavy atom. The molecule has 0 N–H and O–H groups in total. The minimum Gasteiger partial charge on any atom is -0.490 e. The fourth-order valence-corrected chi connectivity index (χ4v) is 3.57. The quantitative estimate of drug-likeness (QED) is 0.170. The highest BCUT2D eigenvalue weighted by atomic mass is 79.9. The van der Waals surface area contributed by atoms with Crippen molar-refractivity contribution in [3.63, 3.8) is 0 Å². The smallest absolute Gasteiger partial charge is 0.347 e. The normalized spacial score (nSPS) is 12.0. The first kappa shape index (κ1) is 25.8. The average molecular weight is 547 g/mol. The van der Waals surface area contributed by atoms with Gasteiger partial charge in [-0.05, 0) is 52.0 Å². The van der Waals surface area contributed by atoms with Gasteiger partial charge in [0.1, 0.15) is 5.82 Å². The Bertz CT molecular complexity index is 1370. The number of fused-ring (bicyclic) bond motifs is 1. The molecule has 0 saturated heterocycles. The predicted molar refractivity (Wildman–Crippen MR) is 132 cm³/mol. The Morgan fingerprint density at radius 2 is 2.03 bits per heavy atom. The Kier molecular flexibility index (Phi) is 8.18. The summed E-state index contributed by atoms with van der Waals surface area (Å²) in [7, 11) is 0. The summed E-state index contributed by atoms with van der Waals surface area (Å²) in [5.41, 5.74) is -0.0310. The number of aryl methyl sites for hydroxylation is 1. The van der Waals surface area contributed by atoms with Gasteiger partial charge in [-0.1, -0.05) is 15.9 Å². The van der Waals surface area contributed by atoms with Gasteiger partial charge in [0.2, 0.25) is 5.75 Å². The Labute approximate surface area is 208 Å². The van der Waals surface area contributed by atoms with E-state index in [-0.39, 0.29) is 30.3 Å². The maximum Gasteiger partial charge on any atom is 0.347 e. The molecule has 3 rings (SSSR count). The van der Waals surface area contributed by atoms with E-state index in [2.05, 4.69) is 26.0 Å². The van der Waals surface area contributed by atoms with Gasteiger partial charge in [-0.15, -0.1) is 0 Å². The Hall–Kier alpha value is -3.80. The van der Waals surface area contributed by atoms with Gasteiger partial charge in [-0.2, -0.15) is 9.78 Å². The molecule has 0 amide bonds. The van der Waals surface area contributed by atoms with Gasteiger partial charge in [-0.25, -0.2) is 9.78 Å². The lowest BCUT2D eigenvalue weighted by Gasteiger charge is -2.17. The van der Waals surface area contributed by atoms with E-state index >= 15 is 0 Å². The fraction of sp³-hybridized carbons (Fsp3) is 0.304. The van der Waals surface area contributed by atoms with Gasteiger partial charge in [-0.3, -0.25) is 14.9 Å². The zero-order valence-electron chi connectivity index (χ0n) is 19.5. The van der Waals surface area contributed by atoms with Crippen molar-refractivity contribution >= 4 is 44.7 Å². The number of aromatic nitrogens is 2. The van der Waals surface area contributed by atoms with Crippen LogP contribution < -0.4 is 15.0 Å². The summed E-state index contributed by atoms with van der Waals surface area (Å²) >= 11 is 3.34. The first-order chi connectivity index (χ1) is 16.7. The van der Waals surface area contributed by atoms with Crippen molar-refractivity contribution < 1.29 is 23.9 Å². The van der Waals surface area contributed by atoms with E-state index in [4.69, 9.17) is 14.2 Å². The van der Waals surface area contributed by atoms with E-state index in [1.165, 1.54) is 25.3 Å². The van der Waals surface area contributed by atoms with Crippen molar-refractivity contribution in [3.05, 3.63) is 66.7 Å². The highest BCUT2D eigenvalue weighted by Crippen LogP contribution is 2.39.